The van der Waals surface area contributed by atoms with Gasteiger partial charge in [0.05, 0.1) is 6.07 Å². The summed E-state index contributed by atoms with van der Waals surface area (Å²) in [7, 11) is 20.9. The average Bonchev–Trinajstić information content (AvgIpc) is 1.83. The van der Waals surface area contributed by atoms with Crippen LogP contribution in [0.3, 0.4) is 0 Å². The maximum atomic E-state index is 8.22. The molecule has 0 saturated heterocycles. The third-order valence-corrected chi connectivity index (χ3v) is 0.942. The molecule has 0 amide bonds. The van der Waals surface area contributed by atoms with Gasteiger partial charge in [-0.3, -0.25) is 0 Å². The van der Waals surface area contributed by atoms with Crippen molar-refractivity contribution in [3.05, 3.63) is 0 Å². The van der Waals surface area contributed by atoms with Crippen LogP contribution in [0.2, 0.25) is 0 Å². The van der Waals surface area contributed by atoms with Crippen molar-refractivity contribution in [2.75, 3.05) is 0 Å². The number of rotatable bonds is 2. The van der Waals surface area contributed by atoms with Gasteiger partial charge in [-0.25, -0.2) is 0 Å². The Hall–Kier alpha value is 1.68. The third kappa shape index (κ3) is 41.8. The van der Waals surface area contributed by atoms with E-state index in [0.29, 0.717) is 0 Å². The summed E-state index contributed by atoms with van der Waals surface area (Å²) in [5.74, 6) is 0.255. The second kappa shape index (κ2) is 7.04. The molecule has 0 aromatic carbocycles. The molecular weight excluding hydrogens is 356 g/mol. The molecule has 80 valence electrons. The number of nitrogens with zero attached hydrogens (tertiary/aromatic N) is 1. The van der Waals surface area contributed by atoms with E-state index in [2.05, 4.69) is 13.0 Å². The molecule has 0 spiro atoms. The van der Waals surface area contributed by atoms with Crippen molar-refractivity contribution in [3.63, 3.8) is 0 Å². The van der Waals surface area contributed by atoms with Crippen LogP contribution >= 0.6 is 45.9 Å². The SMILES string of the molecule is CCCC(C)C#N.[Cl][Nb]([Cl])([Cl])([Cl])[Cl]. The first-order valence-electron chi connectivity index (χ1n) is 3.55. The van der Waals surface area contributed by atoms with Gasteiger partial charge < -0.3 is 0 Å². The monoisotopic (exact) mass is 365 g/mol. The molecule has 0 heterocycles. The zero-order valence-electron chi connectivity index (χ0n) is 7.28. The summed E-state index contributed by atoms with van der Waals surface area (Å²) in [5.41, 5.74) is 0. The van der Waals surface area contributed by atoms with Crippen molar-refractivity contribution in [1.29, 1.82) is 5.26 Å². The second-order valence-corrected chi connectivity index (χ2v) is 35.8. The first kappa shape index (κ1) is 17.1. The molecule has 0 aromatic heterocycles. The average molecular weight is 367 g/mol. The van der Waals surface area contributed by atoms with Crippen molar-refractivity contribution in [1.82, 2.24) is 0 Å². The fourth-order valence-electron chi connectivity index (χ4n) is 0.498. The first-order chi connectivity index (χ1) is 5.54. The molecule has 1 atom stereocenters. The Morgan fingerprint density at radius 3 is 1.62 bits per heavy atom. The van der Waals surface area contributed by atoms with Crippen molar-refractivity contribution in [3.8, 4) is 6.07 Å². The van der Waals surface area contributed by atoms with Crippen LogP contribution in [-0.2, 0) is 10.4 Å². The molecule has 1 unspecified atom stereocenters. The van der Waals surface area contributed by atoms with Gasteiger partial charge in [-0.15, -0.1) is 0 Å². The number of nitriles is 1. The van der Waals surface area contributed by atoms with E-state index < -0.39 is 10.4 Å². The standard InChI is InChI=1S/C6H11N.5ClH.Nb/c1-3-4-6(2)5-7;;;;;;/h6H,3-4H2,1-2H3;5*1H;/q;;;;;;+5/p-5. The van der Waals surface area contributed by atoms with E-state index in [1.165, 1.54) is 0 Å². The Balaban J connectivity index is 0. The molecule has 0 aliphatic carbocycles. The Bertz CT molecular complexity index is 163. The summed E-state index contributed by atoms with van der Waals surface area (Å²) in [4.78, 5) is 0. The van der Waals surface area contributed by atoms with Gasteiger partial charge in [0.15, 0.2) is 0 Å². The molecule has 0 aliphatic rings. The molecule has 0 rings (SSSR count). The fraction of sp³-hybridized carbons (Fsp3) is 0.833. The zero-order valence-corrected chi connectivity index (χ0v) is 13.3. The number of hydrogen-bond donors (Lipinski definition) is 0. The molecule has 7 heteroatoms. The molecular formula is C6H11Cl5NNb. The summed E-state index contributed by atoms with van der Waals surface area (Å²) in [6, 6.07) is 2.17. The van der Waals surface area contributed by atoms with Crippen LogP contribution < -0.4 is 0 Å². The molecule has 0 fully saturated rings. The van der Waals surface area contributed by atoms with E-state index in [1.807, 2.05) is 6.92 Å². The minimum atomic E-state index is -4.33. The number of hydrogen-bond acceptors (Lipinski definition) is 1. The molecule has 0 aliphatic heterocycles. The molecule has 0 saturated carbocycles. The summed E-state index contributed by atoms with van der Waals surface area (Å²) >= 11 is 0. The summed E-state index contributed by atoms with van der Waals surface area (Å²) in [6.07, 6.45) is 2.16. The van der Waals surface area contributed by atoms with Gasteiger partial charge in [-0.1, -0.05) is 13.3 Å². The summed E-state index contributed by atoms with van der Waals surface area (Å²) in [6.45, 7) is 4.04. The van der Waals surface area contributed by atoms with Crippen LogP contribution in [0.15, 0.2) is 0 Å². The Kier molecular flexibility index (Phi) is 9.25. The van der Waals surface area contributed by atoms with Gasteiger partial charge in [0.25, 0.3) is 0 Å². The Morgan fingerprint density at radius 2 is 1.54 bits per heavy atom. The van der Waals surface area contributed by atoms with Gasteiger partial charge in [-0.2, -0.15) is 5.26 Å². The van der Waals surface area contributed by atoms with Gasteiger partial charge in [0, 0.05) is 5.92 Å². The van der Waals surface area contributed by atoms with Gasteiger partial charge in [0.2, 0.25) is 0 Å². The van der Waals surface area contributed by atoms with E-state index in [0.717, 1.165) is 12.8 Å². The van der Waals surface area contributed by atoms with Crippen molar-refractivity contribution < 1.29 is 10.4 Å². The molecule has 0 aromatic rings. The fourth-order valence-corrected chi connectivity index (χ4v) is 0.498. The van der Waals surface area contributed by atoms with Gasteiger partial charge >= 0.3 is 56.4 Å². The third-order valence-electron chi connectivity index (χ3n) is 0.942. The summed E-state index contributed by atoms with van der Waals surface area (Å²) < 4.78 is 0. The van der Waals surface area contributed by atoms with Crippen molar-refractivity contribution in [2.45, 2.75) is 26.7 Å². The van der Waals surface area contributed by atoms with E-state index in [1.54, 1.807) is 0 Å². The number of halogens is 5. The van der Waals surface area contributed by atoms with E-state index in [-0.39, 0.29) is 5.92 Å². The molecule has 13 heavy (non-hydrogen) atoms. The normalized spacial score (nSPS) is 15.7. The van der Waals surface area contributed by atoms with Crippen LogP contribution in [0, 0.1) is 17.2 Å². The second-order valence-electron chi connectivity index (χ2n) is 2.46. The van der Waals surface area contributed by atoms with Crippen molar-refractivity contribution >= 4 is 45.9 Å². The maximum absolute atomic E-state index is 8.22. The topological polar surface area (TPSA) is 23.8 Å². The minimum absolute atomic E-state index is 0.255. The van der Waals surface area contributed by atoms with Crippen LogP contribution in [0.4, 0.5) is 0 Å². The quantitative estimate of drug-likeness (QED) is 0.600. The van der Waals surface area contributed by atoms with Crippen LogP contribution in [0.1, 0.15) is 26.7 Å². The Morgan fingerprint density at radius 1 is 1.23 bits per heavy atom. The predicted octanol–water partition coefficient (Wildman–Crippen LogP) is 5.39. The van der Waals surface area contributed by atoms with Gasteiger partial charge in [-0.05, 0) is 13.3 Å². The molecule has 0 radical (unpaired) electrons. The van der Waals surface area contributed by atoms with E-state index >= 15 is 0 Å². The first-order valence-corrected chi connectivity index (χ1v) is 17.7. The summed E-state index contributed by atoms with van der Waals surface area (Å²) in [5, 5.41) is 8.22. The zero-order chi connectivity index (χ0) is 11.1. The van der Waals surface area contributed by atoms with E-state index in [4.69, 9.17) is 51.2 Å². The predicted molar refractivity (Wildman–Crippen MR) is 59.0 cm³/mol. The van der Waals surface area contributed by atoms with Crippen LogP contribution in [0.5, 0.6) is 0 Å². The van der Waals surface area contributed by atoms with Crippen LogP contribution in [-0.4, -0.2) is 0 Å². The Labute approximate surface area is 99.3 Å². The molecule has 1 nitrogen and oxygen atoms in total. The molecule has 0 N–H and O–H groups in total. The van der Waals surface area contributed by atoms with Gasteiger partial charge in [0.1, 0.15) is 0 Å². The van der Waals surface area contributed by atoms with Crippen molar-refractivity contribution in [2.24, 2.45) is 5.92 Å². The van der Waals surface area contributed by atoms with E-state index in [9.17, 15) is 0 Å². The molecule has 0 bridgehead atoms. The van der Waals surface area contributed by atoms with Crippen LogP contribution in [0.25, 0.3) is 0 Å².